The van der Waals surface area contributed by atoms with Gasteiger partial charge in [0.2, 0.25) is 5.69 Å². The smallest absolute Gasteiger partial charge is 0.198 e. The Bertz CT molecular complexity index is 968. The molecule has 0 amide bonds. The van der Waals surface area contributed by atoms with Gasteiger partial charge in [0.15, 0.2) is 5.69 Å². The lowest BCUT2D eigenvalue weighted by Gasteiger charge is -2.22. The molecule has 1 nitrogen and oxygen atoms in total. The van der Waals surface area contributed by atoms with Crippen LogP contribution in [0.5, 0.6) is 0 Å². The number of benzene rings is 2. The van der Waals surface area contributed by atoms with Crippen molar-refractivity contribution in [3.8, 4) is 11.3 Å². The maximum absolute atomic E-state index is 8.73. The first kappa shape index (κ1) is 15.1. The minimum absolute atomic E-state index is 0.664. The van der Waals surface area contributed by atoms with Crippen LogP contribution in [0.15, 0.2) is 48.5 Å². The molecule has 0 bridgehead atoms. The summed E-state index contributed by atoms with van der Waals surface area (Å²) in [5.41, 5.74) is 6.21. The van der Waals surface area contributed by atoms with Gasteiger partial charge in [0.05, 0.1) is 6.76 Å². The molecular weight excluding hydrogens is 302 g/mol. The van der Waals surface area contributed by atoms with E-state index >= 15 is 0 Å². The van der Waals surface area contributed by atoms with Crippen LogP contribution < -0.4 is 4.57 Å². The summed E-state index contributed by atoms with van der Waals surface area (Å²) in [7, 11) is 2.09. The molecule has 4 rings (SSSR count). The van der Waals surface area contributed by atoms with E-state index in [1.54, 1.807) is 0 Å². The van der Waals surface area contributed by atoms with Crippen LogP contribution in [0.2, 0.25) is 0 Å². The van der Waals surface area contributed by atoms with Crippen LogP contribution in [-0.2, 0) is 7.05 Å². The number of rotatable bonds is 2. The number of pyridine rings is 1. The topological polar surface area (TPSA) is 3.88 Å². The third-order valence-corrected chi connectivity index (χ3v) is 5.93. The molecule has 1 fully saturated rings. The Morgan fingerprint density at radius 1 is 1.00 bits per heavy atom. The summed E-state index contributed by atoms with van der Waals surface area (Å²) in [6.07, 6.45) is 6.65. The van der Waals surface area contributed by atoms with E-state index in [0.717, 1.165) is 11.1 Å². The van der Waals surface area contributed by atoms with E-state index < -0.39 is 0 Å². The predicted molar refractivity (Wildman–Crippen MR) is 106 cm³/mol. The normalized spacial score (nSPS) is 16.2. The van der Waals surface area contributed by atoms with Gasteiger partial charge in [-0.25, -0.2) is 0 Å². The highest BCUT2D eigenvalue weighted by molar-refractivity contribution is 5.94. The number of aryl methyl sites for hydroxylation is 1. The second-order valence-electron chi connectivity index (χ2n) is 7.57. The largest absolute Gasteiger partial charge is 0.220 e. The number of hydrogen-bond acceptors (Lipinski definition) is 0. The summed E-state index contributed by atoms with van der Waals surface area (Å²) in [5, 5.41) is 2.29. The molecule has 0 N–H and O–H groups in total. The summed E-state index contributed by atoms with van der Waals surface area (Å²) >= 11 is 0. The summed E-state index contributed by atoms with van der Waals surface area (Å²) in [6.45, 7) is 4.23. The van der Waals surface area contributed by atoms with Crippen molar-refractivity contribution in [1.29, 1.82) is 0 Å². The van der Waals surface area contributed by atoms with E-state index in [2.05, 4.69) is 67.9 Å². The van der Waals surface area contributed by atoms with Crippen LogP contribution in [0.25, 0.3) is 22.0 Å². The monoisotopic (exact) mass is 331 g/mol. The molecule has 0 spiro atoms. The van der Waals surface area contributed by atoms with Gasteiger partial charge in [-0.15, -0.1) is 0 Å². The molecule has 0 unspecified atom stereocenters. The minimum Gasteiger partial charge on any atom is -0.198 e. The Morgan fingerprint density at radius 3 is 2.52 bits per heavy atom. The van der Waals surface area contributed by atoms with Gasteiger partial charge >= 0.3 is 0 Å². The Labute approximate surface area is 152 Å². The maximum Gasteiger partial charge on any atom is 0.220 e. The van der Waals surface area contributed by atoms with Crippen LogP contribution >= 0.6 is 0 Å². The van der Waals surface area contributed by atoms with E-state index in [0.29, 0.717) is 12.0 Å². The molecule has 128 valence electrons. The predicted octanol–water partition coefficient (Wildman–Crippen LogP) is 6.00. The van der Waals surface area contributed by atoms with Crippen LogP contribution in [-0.4, -0.2) is 0 Å². The zero-order valence-electron chi connectivity index (χ0n) is 16.6. The van der Waals surface area contributed by atoms with Crippen LogP contribution in [0, 0.1) is 13.8 Å². The van der Waals surface area contributed by atoms with Crippen LogP contribution in [0.4, 0.5) is 0 Å². The third kappa shape index (κ3) is 2.97. The molecule has 25 heavy (non-hydrogen) atoms. The highest BCUT2D eigenvalue weighted by Gasteiger charge is 2.21. The molecule has 0 atom stereocenters. The maximum atomic E-state index is 8.73. The number of aromatic nitrogens is 1. The molecule has 0 saturated heterocycles. The quantitative estimate of drug-likeness (QED) is 0.507. The second kappa shape index (κ2) is 6.63. The van der Waals surface area contributed by atoms with Crippen molar-refractivity contribution in [1.82, 2.24) is 0 Å². The average molecular weight is 332 g/mol. The fourth-order valence-corrected chi connectivity index (χ4v) is 4.35. The molecule has 1 heterocycles. The fourth-order valence-electron chi connectivity index (χ4n) is 4.35. The summed E-state index contributed by atoms with van der Waals surface area (Å²) in [5.74, 6) is 0.670. The van der Waals surface area contributed by atoms with E-state index in [9.17, 15) is 0 Å². The lowest BCUT2D eigenvalue weighted by atomic mass is 9.83. The summed E-state index contributed by atoms with van der Waals surface area (Å²) < 4.78 is 10.9. The molecule has 1 aromatic heterocycles. The van der Waals surface area contributed by atoms with Gasteiger partial charge in [0.1, 0.15) is 7.05 Å². The lowest BCUT2D eigenvalue weighted by molar-refractivity contribution is -0.665. The van der Waals surface area contributed by atoms with Gasteiger partial charge in [-0.3, -0.25) is 0 Å². The highest BCUT2D eigenvalue weighted by atomic mass is 14.9. The standard InChI is InChI=1S/C24H28N/c1-17-9-7-8-12-22(17)24-23-14-13-20(19-10-5-4-6-11-19)16-21(23)15-18(2)25(24)3/h7-9,12-16,19H,4-6,10-11H2,1-3H3/q+1/i15D. The van der Waals surface area contributed by atoms with E-state index in [1.165, 1.54) is 59.9 Å². The van der Waals surface area contributed by atoms with Crippen molar-refractivity contribution < 1.29 is 5.94 Å². The number of hydrogen-bond donors (Lipinski definition) is 0. The molecule has 3 aromatic rings. The van der Waals surface area contributed by atoms with E-state index in [1.807, 2.05) is 0 Å². The SMILES string of the molecule is [2H]c1c(C)[n+](C)c(-c2ccccc2C)c2ccc(C3CCCCC3)cc12. The van der Waals surface area contributed by atoms with Crippen LogP contribution in [0.3, 0.4) is 0 Å². The molecule has 1 aliphatic rings. The van der Waals surface area contributed by atoms with Gasteiger partial charge in [-0.2, -0.15) is 4.57 Å². The molecule has 0 radical (unpaired) electrons. The van der Waals surface area contributed by atoms with Crippen molar-refractivity contribution in [3.63, 3.8) is 0 Å². The van der Waals surface area contributed by atoms with Crippen molar-refractivity contribution >= 4 is 10.8 Å². The first-order chi connectivity index (χ1) is 12.6. The van der Waals surface area contributed by atoms with Gasteiger partial charge in [-0.1, -0.05) is 49.6 Å². The Morgan fingerprint density at radius 2 is 1.76 bits per heavy atom. The molecular formula is C24H28N+. The molecule has 1 saturated carbocycles. The highest BCUT2D eigenvalue weighted by Crippen LogP contribution is 2.35. The molecule has 1 aliphatic carbocycles. The molecule has 0 aliphatic heterocycles. The van der Waals surface area contributed by atoms with Crippen molar-refractivity contribution in [2.45, 2.75) is 51.9 Å². The summed E-state index contributed by atoms with van der Waals surface area (Å²) in [4.78, 5) is 0. The Hall–Kier alpha value is -2.15. The first-order valence-electron chi connectivity index (χ1n) is 10.1. The van der Waals surface area contributed by atoms with Crippen LogP contribution in [0.1, 0.15) is 56.2 Å². The van der Waals surface area contributed by atoms with Crippen molar-refractivity contribution in [2.24, 2.45) is 7.05 Å². The number of fused-ring (bicyclic) bond motifs is 1. The minimum atomic E-state index is 0.664. The number of nitrogens with zero attached hydrogens (tertiary/aromatic N) is 1. The van der Waals surface area contributed by atoms with Crippen molar-refractivity contribution in [2.75, 3.05) is 0 Å². The van der Waals surface area contributed by atoms with Gasteiger partial charge in [0, 0.05) is 18.5 Å². The van der Waals surface area contributed by atoms with E-state index in [4.69, 9.17) is 1.37 Å². The van der Waals surface area contributed by atoms with Gasteiger partial charge < -0.3 is 0 Å². The molecule has 2 aromatic carbocycles. The Kier molecular flexibility index (Phi) is 4.01. The average Bonchev–Trinajstić information content (AvgIpc) is 2.68. The zero-order valence-corrected chi connectivity index (χ0v) is 15.6. The summed E-state index contributed by atoms with van der Waals surface area (Å²) in [6, 6.07) is 16.1. The first-order valence-corrected chi connectivity index (χ1v) is 9.56. The second-order valence-corrected chi connectivity index (χ2v) is 7.57. The fraction of sp³-hybridized carbons (Fsp3) is 0.375. The Balaban J connectivity index is 1.96. The van der Waals surface area contributed by atoms with Crippen molar-refractivity contribution in [3.05, 3.63) is 65.3 Å². The lowest BCUT2D eigenvalue weighted by Crippen LogP contribution is -2.35. The third-order valence-electron chi connectivity index (χ3n) is 5.93. The van der Waals surface area contributed by atoms with Gasteiger partial charge in [-0.05, 0) is 54.3 Å². The van der Waals surface area contributed by atoms with E-state index in [-0.39, 0.29) is 0 Å². The zero-order chi connectivity index (χ0) is 18.3. The molecule has 1 heteroatoms. The van der Waals surface area contributed by atoms with Gasteiger partial charge in [0.25, 0.3) is 0 Å².